The number of nitrogens with one attached hydrogen (secondary N) is 1. The first-order valence-corrected chi connectivity index (χ1v) is 7.37. The molecule has 0 saturated carbocycles. The number of hydrogen-bond acceptors (Lipinski definition) is 7. The summed E-state index contributed by atoms with van der Waals surface area (Å²) in [4.78, 5) is 31.9. The molecule has 0 radical (unpaired) electrons. The Hall–Kier alpha value is -3.71. The molecule has 0 spiro atoms. The van der Waals surface area contributed by atoms with E-state index in [-0.39, 0.29) is 17.1 Å². The van der Waals surface area contributed by atoms with Crippen LogP contribution in [0.1, 0.15) is 11.4 Å². The first kappa shape index (κ1) is 20.6. The lowest BCUT2D eigenvalue weighted by atomic mass is 10.2. The Morgan fingerprint density at radius 3 is 2.39 bits per heavy atom. The van der Waals surface area contributed by atoms with Crippen molar-refractivity contribution in [1.82, 2.24) is 9.78 Å². The summed E-state index contributed by atoms with van der Waals surface area (Å²) in [5, 5.41) is 27.1. The number of amides is 1. The maximum absolute atomic E-state index is 12.9. The van der Waals surface area contributed by atoms with E-state index >= 15 is 0 Å². The van der Waals surface area contributed by atoms with Crippen LogP contribution in [-0.4, -0.2) is 32.6 Å². The van der Waals surface area contributed by atoms with Crippen molar-refractivity contribution in [3.05, 3.63) is 49.8 Å². The number of carbonyl (C=O) groups is 1. The fourth-order valence-corrected chi connectivity index (χ4v) is 2.32. The number of nitro groups is 2. The van der Waals surface area contributed by atoms with Crippen molar-refractivity contribution in [2.24, 2.45) is 0 Å². The van der Waals surface area contributed by atoms with Crippen LogP contribution in [-0.2, 0) is 17.5 Å². The zero-order valence-corrected chi connectivity index (χ0v) is 14.3. The van der Waals surface area contributed by atoms with Crippen molar-refractivity contribution >= 4 is 23.0 Å². The average molecular weight is 403 g/mol. The molecule has 1 heterocycles. The second-order valence-corrected chi connectivity index (χ2v) is 5.39. The molecule has 1 amide bonds. The molecular weight excluding hydrogens is 391 g/mol. The molecule has 0 atom stereocenters. The molecule has 1 N–H and O–H groups in total. The maximum atomic E-state index is 12.9. The topological polar surface area (TPSA) is 142 Å². The summed E-state index contributed by atoms with van der Waals surface area (Å²) in [6.07, 6.45) is -5.07. The first-order chi connectivity index (χ1) is 13.0. The third-order valence-electron chi connectivity index (χ3n) is 3.59. The summed E-state index contributed by atoms with van der Waals surface area (Å²) in [5.41, 5.74) is -3.69. The molecule has 2 rings (SSSR count). The molecule has 0 unspecified atom stereocenters. The number of rotatable bonds is 6. The zero-order chi connectivity index (χ0) is 21.2. The number of aromatic nitrogens is 2. The highest BCUT2D eigenvalue weighted by molar-refractivity contribution is 5.92. The molecule has 1 aromatic heterocycles. The largest absolute Gasteiger partial charge is 0.494 e. The summed E-state index contributed by atoms with van der Waals surface area (Å²) in [7, 11) is 1.20. The lowest BCUT2D eigenvalue weighted by molar-refractivity contribution is -0.388. The highest BCUT2D eigenvalue weighted by Crippen LogP contribution is 2.37. The third kappa shape index (κ3) is 4.16. The Kier molecular flexibility index (Phi) is 5.51. The molecule has 0 bridgehead atoms. The van der Waals surface area contributed by atoms with E-state index in [0.29, 0.717) is 4.68 Å². The van der Waals surface area contributed by atoms with Gasteiger partial charge in [-0.1, -0.05) is 0 Å². The van der Waals surface area contributed by atoms with Gasteiger partial charge in [-0.05, 0) is 13.0 Å². The van der Waals surface area contributed by atoms with Crippen LogP contribution in [0.25, 0.3) is 0 Å². The van der Waals surface area contributed by atoms with Gasteiger partial charge in [-0.15, -0.1) is 0 Å². The number of carbonyl (C=O) groups excluding carboxylic acids is 1. The van der Waals surface area contributed by atoms with Crippen molar-refractivity contribution in [2.45, 2.75) is 19.6 Å². The van der Waals surface area contributed by atoms with E-state index in [0.717, 1.165) is 19.1 Å². The number of alkyl halides is 3. The Morgan fingerprint density at radius 1 is 1.29 bits per heavy atom. The van der Waals surface area contributed by atoms with Gasteiger partial charge in [0.1, 0.15) is 18.0 Å². The number of ether oxygens (including phenoxy) is 1. The summed E-state index contributed by atoms with van der Waals surface area (Å²) < 4.78 is 44.3. The van der Waals surface area contributed by atoms with E-state index in [9.17, 15) is 38.2 Å². The summed E-state index contributed by atoms with van der Waals surface area (Å²) in [6, 6.07) is 3.31. The van der Waals surface area contributed by atoms with Gasteiger partial charge >= 0.3 is 11.9 Å². The van der Waals surface area contributed by atoms with Gasteiger partial charge in [0.25, 0.3) is 5.69 Å². The molecule has 1 aromatic carbocycles. The van der Waals surface area contributed by atoms with E-state index in [4.69, 9.17) is 4.74 Å². The first-order valence-electron chi connectivity index (χ1n) is 7.37. The molecule has 2 aromatic rings. The lowest BCUT2D eigenvalue weighted by Crippen LogP contribution is -2.21. The Labute approximate surface area is 154 Å². The minimum absolute atomic E-state index is 0.0217. The standard InChI is InChI=1S/C14H12F3N5O6/c1-7-12(22(26)27)13(14(15,16)17)19-20(7)6-11(23)18-9-4-3-8(21(24)25)5-10(9)28-2/h3-5H,6H2,1-2H3,(H,18,23). The van der Waals surface area contributed by atoms with Crippen molar-refractivity contribution < 1.29 is 32.5 Å². The summed E-state index contributed by atoms with van der Waals surface area (Å²) in [6.45, 7) is 0.267. The van der Waals surface area contributed by atoms with Crippen LogP contribution < -0.4 is 10.1 Å². The van der Waals surface area contributed by atoms with Crippen LogP contribution in [0.4, 0.5) is 30.2 Å². The molecule has 0 saturated heterocycles. The van der Waals surface area contributed by atoms with Gasteiger partial charge in [0, 0.05) is 6.07 Å². The number of anilines is 1. The van der Waals surface area contributed by atoms with Crippen LogP contribution in [0.2, 0.25) is 0 Å². The van der Waals surface area contributed by atoms with Gasteiger partial charge in [-0.2, -0.15) is 18.3 Å². The zero-order valence-electron chi connectivity index (χ0n) is 14.3. The van der Waals surface area contributed by atoms with Gasteiger partial charge in [-0.25, -0.2) is 0 Å². The van der Waals surface area contributed by atoms with E-state index in [1.165, 1.54) is 13.2 Å². The van der Waals surface area contributed by atoms with Crippen LogP contribution in [0.5, 0.6) is 5.75 Å². The molecule has 0 aliphatic carbocycles. The van der Waals surface area contributed by atoms with Crippen molar-refractivity contribution in [1.29, 1.82) is 0 Å². The van der Waals surface area contributed by atoms with Gasteiger partial charge in [0.15, 0.2) is 0 Å². The number of non-ortho nitro benzene ring substituents is 1. The van der Waals surface area contributed by atoms with Crippen molar-refractivity contribution in [3.63, 3.8) is 0 Å². The molecule has 0 aliphatic rings. The molecule has 0 fully saturated rings. The molecule has 11 nitrogen and oxygen atoms in total. The molecule has 14 heteroatoms. The number of halogens is 3. The predicted octanol–water partition coefficient (Wildman–Crippen LogP) is 2.67. The molecule has 0 aliphatic heterocycles. The van der Waals surface area contributed by atoms with Crippen LogP contribution in [0.3, 0.4) is 0 Å². The summed E-state index contributed by atoms with van der Waals surface area (Å²) in [5.74, 6) is -0.928. The monoisotopic (exact) mass is 403 g/mol. The van der Waals surface area contributed by atoms with Gasteiger partial charge in [0.05, 0.1) is 28.7 Å². The number of nitro benzene ring substituents is 1. The van der Waals surface area contributed by atoms with Crippen molar-refractivity contribution in [3.8, 4) is 5.75 Å². The van der Waals surface area contributed by atoms with Gasteiger partial charge in [-0.3, -0.25) is 29.7 Å². The minimum atomic E-state index is -5.07. The Bertz CT molecular complexity index is 956. The predicted molar refractivity (Wildman–Crippen MR) is 86.9 cm³/mol. The maximum Gasteiger partial charge on any atom is 0.442 e. The second-order valence-electron chi connectivity index (χ2n) is 5.39. The van der Waals surface area contributed by atoms with Crippen molar-refractivity contribution in [2.75, 3.05) is 12.4 Å². The molecule has 28 heavy (non-hydrogen) atoms. The Balaban J connectivity index is 2.29. The van der Waals surface area contributed by atoms with E-state index < -0.39 is 45.6 Å². The Morgan fingerprint density at radius 2 is 1.93 bits per heavy atom. The second kappa shape index (κ2) is 7.50. The van der Waals surface area contributed by atoms with Crippen LogP contribution in [0, 0.1) is 27.2 Å². The highest BCUT2D eigenvalue weighted by Gasteiger charge is 2.44. The average Bonchev–Trinajstić information content (AvgIpc) is 2.91. The van der Waals surface area contributed by atoms with Crippen LogP contribution in [0.15, 0.2) is 18.2 Å². The number of benzene rings is 1. The highest BCUT2D eigenvalue weighted by atomic mass is 19.4. The van der Waals surface area contributed by atoms with E-state index in [1.807, 2.05) is 0 Å². The van der Waals surface area contributed by atoms with E-state index in [1.54, 1.807) is 0 Å². The quantitative estimate of drug-likeness (QED) is 0.577. The summed E-state index contributed by atoms with van der Waals surface area (Å²) >= 11 is 0. The smallest absolute Gasteiger partial charge is 0.442 e. The van der Waals surface area contributed by atoms with Crippen LogP contribution >= 0.6 is 0 Å². The molecule has 150 valence electrons. The van der Waals surface area contributed by atoms with Gasteiger partial charge in [0.2, 0.25) is 11.6 Å². The lowest BCUT2D eigenvalue weighted by Gasteiger charge is -2.10. The minimum Gasteiger partial charge on any atom is -0.494 e. The number of methoxy groups -OCH3 is 1. The third-order valence-corrected chi connectivity index (χ3v) is 3.59. The van der Waals surface area contributed by atoms with E-state index in [2.05, 4.69) is 10.4 Å². The fraction of sp³-hybridized carbons (Fsp3) is 0.286. The number of nitrogens with zero attached hydrogens (tertiary/aromatic N) is 4. The number of hydrogen-bond donors (Lipinski definition) is 1. The SMILES string of the molecule is COc1cc([N+](=O)[O-])ccc1NC(=O)Cn1nc(C(F)(F)F)c([N+](=O)[O-])c1C. The van der Waals surface area contributed by atoms with Gasteiger partial charge < -0.3 is 10.1 Å². The fourth-order valence-electron chi connectivity index (χ4n) is 2.32. The molecular formula is C14H12F3N5O6. The normalized spacial score (nSPS) is 11.2.